The Morgan fingerprint density at radius 3 is 3.05 bits per heavy atom. The van der Waals surface area contributed by atoms with Gasteiger partial charge in [-0.05, 0) is 29.5 Å². The first-order chi connectivity index (χ1) is 9.78. The van der Waals surface area contributed by atoms with Crippen LogP contribution in [-0.2, 0) is 33.8 Å². The molecule has 0 unspecified atom stereocenters. The van der Waals surface area contributed by atoms with Crippen molar-refractivity contribution >= 4 is 24.9 Å². The van der Waals surface area contributed by atoms with Crippen molar-refractivity contribution in [2.75, 3.05) is 27.3 Å². The molecule has 0 amide bonds. The van der Waals surface area contributed by atoms with Gasteiger partial charge in [-0.2, -0.15) is 0 Å². The minimum Gasteiger partial charge on any atom is -0.355 e. The Kier molecular flexibility index (Phi) is 6.19. The van der Waals surface area contributed by atoms with Gasteiger partial charge in [-0.25, -0.2) is 0 Å². The molecule has 1 aromatic rings. The van der Waals surface area contributed by atoms with Gasteiger partial charge in [0, 0.05) is 38.7 Å². The van der Waals surface area contributed by atoms with Crippen LogP contribution in [0.2, 0.25) is 0 Å². The molecule has 0 spiro atoms. The Hall–Kier alpha value is -0.725. The first-order valence-electron chi connectivity index (χ1n) is 6.65. The molecule has 0 saturated heterocycles. The molecule has 20 heavy (non-hydrogen) atoms. The van der Waals surface area contributed by atoms with Crippen molar-refractivity contribution in [1.82, 2.24) is 10.1 Å². The topological polar surface area (TPSA) is 50.8 Å². The number of methoxy groups -OCH3 is 2. The van der Waals surface area contributed by atoms with Gasteiger partial charge in [0.25, 0.3) is 7.41 Å². The van der Waals surface area contributed by atoms with E-state index in [9.17, 15) is 4.79 Å². The number of rotatable bonds is 8. The Bertz CT molecular complexity index is 437. The number of carbonyl (C=O) groups is 1. The maximum atomic E-state index is 10.6. The SMILES string of the molecule is COC(CNCc1csc2c1CN([B]C=O)CC2)OC. The molecule has 7 heteroatoms. The molecule has 0 saturated carbocycles. The molecule has 1 aliphatic heterocycles. The first-order valence-corrected chi connectivity index (χ1v) is 7.53. The van der Waals surface area contributed by atoms with E-state index in [0.717, 1.165) is 32.2 Å². The molecule has 5 nitrogen and oxygen atoms in total. The molecule has 0 fully saturated rings. The zero-order chi connectivity index (χ0) is 14.4. The van der Waals surface area contributed by atoms with E-state index in [0.29, 0.717) is 6.54 Å². The van der Waals surface area contributed by atoms with Crippen LogP contribution in [0.4, 0.5) is 0 Å². The van der Waals surface area contributed by atoms with Gasteiger partial charge in [-0.15, -0.1) is 11.3 Å². The van der Waals surface area contributed by atoms with Crippen LogP contribution < -0.4 is 5.32 Å². The Morgan fingerprint density at radius 2 is 2.35 bits per heavy atom. The van der Waals surface area contributed by atoms with Gasteiger partial charge in [0.1, 0.15) is 0 Å². The largest absolute Gasteiger partial charge is 0.355 e. The van der Waals surface area contributed by atoms with E-state index in [1.165, 1.54) is 16.0 Å². The second kappa shape index (κ2) is 7.90. The summed E-state index contributed by atoms with van der Waals surface area (Å²) in [6, 6.07) is 0. The number of fused-ring (bicyclic) bond motifs is 1. The number of thiophene rings is 1. The molecule has 109 valence electrons. The van der Waals surface area contributed by atoms with Gasteiger partial charge < -0.3 is 24.4 Å². The first kappa shape index (κ1) is 15.7. The second-order valence-electron chi connectivity index (χ2n) is 4.70. The molecule has 1 N–H and O–H groups in total. The summed E-state index contributed by atoms with van der Waals surface area (Å²) in [4.78, 5) is 14.1. The van der Waals surface area contributed by atoms with Crippen LogP contribution in [0.3, 0.4) is 0 Å². The molecular formula is C13H20BN2O3S. The van der Waals surface area contributed by atoms with E-state index in [4.69, 9.17) is 9.47 Å². The van der Waals surface area contributed by atoms with Crippen LogP contribution >= 0.6 is 11.3 Å². The highest BCUT2D eigenvalue weighted by atomic mass is 32.1. The van der Waals surface area contributed by atoms with Gasteiger partial charge in [0.2, 0.25) is 0 Å². The number of nitrogens with zero attached hydrogens (tertiary/aromatic N) is 1. The fourth-order valence-electron chi connectivity index (χ4n) is 2.34. The van der Waals surface area contributed by atoms with Gasteiger partial charge in [-0.1, -0.05) is 0 Å². The van der Waals surface area contributed by atoms with Crippen molar-refractivity contribution in [3.05, 3.63) is 21.4 Å². The van der Waals surface area contributed by atoms with Gasteiger partial charge in [0.15, 0.2) is 6.29 Å². The molecule has 1 aliphatic rings. The van der Waals surface area contributed by atoms with E-state index in [1.54, 1.807) is 21.6 Å². The lowest BCUT2D eigenvalue weighted by Crippen LogP contribution is -2.34. The third-order valence-electron chi connectivity index (χ3n) is 3.48. The minimum atomic E-state index is -0.218. The zero-order valence-corrected chi connectivity index (χ0v) is 12.7. The number of ether oxygens (including phenoxy) is 2. The number of nitrogens with one attached hydrogen (secondary N) is 1. The van der Waals surface area contributed by atoms with E-state index in [2.05, 4.69) is 15.5 Å². The lowest BCUT2D eigenvalue weighted by Gasteiger charge is -2.25. The maximum Gasteiger partial charge on any atom is 0.293 e. The summed E-state index contributed by atoms with van der Waals surface area (Å²) >= 11 is 1.81. The average Bonchev–Trinajstić information content (AvgIpc) is 2.87. The highest BCUT2D eigenvalue weighted by Gasteiger charge is 2.20. The van der Waals surface area contributed by atoms with Crippen LogP contribution in [0.15, 0.2) is 5.38 Å². The fraction of sp³-hybridized carbons (Fsp3) is 0.615. The van der Waals surface area contributed by atoms with Crippen molar-refractivity contribution in [3.63, 3.8) is 0 Å². The van der Waals surface area contributed by atoms with E-state index in [1.807, 2.05) is 11.3 Å². The normalized spacial score (nSPS) is 15.3. The number of hydrogen-bond acceptors (Lipinski definition) is 6. The number of hydrogen-bond donors (Lipinski definition) is 1. The average molecular weight is 295 g/mol. The summed E-state index contributed by atoms with van der Waals surface area (Å²) in [7, 11) is 4.90. The Labute approximate surface area is 124 Å². The van der Waals surface area contributed by atoms with Crippen molar-refractivity contribution in [2.24, 2.45) is 0 Å². The van der Waals surface area contributed by atoms with E-state index in [-0.39, 0.29) is 6.29 Å². The summed E-state index contributed by atoms with van der Waals surface area (Å²) in [5.74, 6) is 0. The summed E-state index contributed by atoms with van der Waals surface area (Å²) in [6.07, 6.45) is 1.66. The lowest BCUT2D eigenvalue weighted by molar-refractivity contribution is -0.0989. The van der Waals surface area contributed by atoms with Crippen LogP contribution in [0.5, 0.6) is 0 Å². The Morgan fingerprint density at radius 1 is 1.55 bits per heavy atom. The van der Waals surface area contributed by atoms with Crippen LogP contribution in [0.1, 0.15) is 16.0 Å². The quantitative estimate of drug-likeness (QED) is 0.433. The molecule has 1 radical (unpaired) electrons. The van der Waals surface area contributed by atoms with Gasteiger partial charge in [-0.3, -0.25) is 0 Å². The van der Waals surface area contributed by atoms with Crippen molar-refractivity contribution < 1.29 is 14.3 Å². The van der Waals surface area contributed by atoms with Gasteiger partial charge in [0.05, 0.1) is 6.19 Å². The predicted molar refractivity (Wildman–Crippen MR) is 80.5 cm³/mol. The number of carbonyl (C=O) groups excluding carboxylic acids is 1. The van der Waals surface area contributed by atoms with Crippen LogP contribution in [0, 0.1) is 0 Å². The van der Waals surface area contributed by atoms with Crippen molar-refractivity contribution in [2.45, 2.75) is 25.8 Å². The third-order valence-corrected chi connectivity index (χ3v) is 4.62. The van der Waals surface area contributed by atoms with Crippen molar-refractivity contribution in [3.8, 4) is 0 Å². The molecule has 0 aromatic carbocycles. The monoisotopic (exact) mass is 295 g/mol. The molecule has 1 aromatic heterocycles. The van der Waals surface area contributed by atoms with Gasteiger partial charge >= 0.3 is 0 Å². The highest BCUT2D eigenvalue weighted by Crippen LogP contribution is 2.28. The lowest BCUT2D eigenvalue weighted by atomic mass is 9.90. The Balaban J connectivity index is 1.90. The maximum absolute atomic E-state index is 10.6. The standard InChI is InChI=1S/C13H20BN2O3S/c1-18-13(19-2)6-15-5-10-8-20-12-3-4-16(14-9-17)7-11(10)12/h8-9,13,15H,3-7H2,1-2H3. The summed E-state index contributed by atoms with van der Waals surface area (Å²) in [5, 5.41) is 5.55. The molecule has 0 atom stereocenters. The molecule has 2 heterocycles. The molecule has 0 bridgehead atoms. The smallest absolute Gasteiger partial charge is 0.293 e. The zero-order valence-electron chi connectivity index (χ0n) is 11.9. The highest BCUT2D eigenvalue weighted by molar-refractivity contribution is 7.10. The summed E-state index contributed by atoms with van der Waals surface area (Å²) in [6.45, 7) is 3.20. The van der Waals surface area contributed by atoms with Crippen LogP contribution in [-0.4, -0.2) is 52.0 Å². The molecule has 2 rings (SSSR count). The molecule has 0 aliphatic carbocycles. The summed E-state index contributed by atoms with van der Waals surface area (Å²) in [5.41, 5.74) is 2.66. The molecular weight excluding hydrogens is 275 g/mol. The van der Waals surface area contributed by atoms with E-state index < -0.39 is 0 Å². The third kappa shape index (κ3) is 3.89. The summed E-state index contributed by atoms with van der Waals surface area (Å²) < 4.78 is 10.3. The predicted octanol–water partition coefficient (Wildman–Crippen LogP) is 0.624. The minimum absolute atomic E-state index is 0.218. The fourth-order valence-corrected chi connectivity index (χ4v) is 3.40. The second-order valence-corrected chi connectivity index (χ2v) is 5.66. The van der Waals surface area contributed by atoms with E-state index >= 15 is 0 Å². The van der Waals surface area contributed by atoms with Crippen molar-refractivity contribution in [1.29, 1.82) is 0 Å². The van der Waals surface area contributed by atoms with Crippen LogP contribution in [0.25, 0.3) is 0 Å².